The highest BCUT2D eigenvalue weighted by Crippen LogP contribution is 2.40. The van der Waals surface area contributed by atoms with Gasteiger partial charge in [-0.15, -0.1) is 11.3 Å². The fourth-order valence-corrected chi connectivity index (χ4v) is 3.59. The van der Waals surface area contributed by atoms with Crippen molar-refractivity contribution in [1.29, 1.82) is 0 Å². The van der Waals surface area contributed by atoms with Gasteiger partial charge in [0.1, 0.15) is 0 Å². The second-order valence-corrected chi connectivity index (χ2v) is 6.32. The van der Waals surface area contributed by atoms with E-state index in [1.807, 2.05) is 23.7 Å². The molecule has 0 aliphatic carbocycles. The van der Waals surface area contributed by atoms with Gasteiger partial charge in [-0.2, -0.15) is 0 Å². The van der Waals surface area contributed by atoms with E-state index in [2.05, 4.69) is 59.0 Å². The highest BCUT2D eigenvalue weighted by molar-refractivity contribution is 9.09. The Morgan fingerprint density at radius 2 is 1.94 bits per heavy atom. The molecule has 0 aliphatic rings. The number of thiophene rings is 1. The van der Waals surface area contributed by atoms with E-state index in [1.165, 1.54) is 15.3 Å². The van der Waals surface area contributed by atoms with Gasteiger partial charge >= 0.3 is 0 Å². The first-order valence-electron chi connectivity index (χ1n) is 5.85. The minimum Gasteiger partial charge on any atom is -0.265 e. The summed E-state index contributed by atoms with van der Waals surface area (Å²) in [5.41, 5.74) is 1.33. The van der Waals surface area contributed by atoms with Gasteiger partial charge in [0.2, 0.25) is 0 Å². The molecule has 0 bridgehead atoms. The number of alkyl halides is 1. The molecule has 0 saturated heterocycles. The quantitative estimate of drug-likeness (QED) is 0.729. The van der Waals surface area contributed by atoms with Crippen LogP contribution >= 0.6 is 27.3 Å². The van der Waals surface area contributed by atoms with Crippen LogP contribution in [0.4, 0.5) is 0 Å². The number of aryl methyl sites for hydroxylation is 1. The summed E-state index contributed by atoms with van der Waals surface area (Å²) >= 11 is 5.72. The Kier molecular flexibility index (Phi) is 4.35. The fourth-order valence-electron chi connectivity index (χ4n) is 1.82. The van der Waals surface area contributed by atoms with Gasteiger partial charge in [0, 0.05) is 22.1 Å². The molecule has 0 fully saturated rings. The van der Waals surface area contributed by atoms with Crippen LogP contribution in [-0.4, -0.2) is 4.98 Å². The van der Waals surface area contributed by atoms with Crippen LogP contribution in [0, 0.1) is 0 Å². The third-order valence-electron chi connectivity index (χ3n) is 2.97. The Bertz CT molecular complexity index is 466. The summed E-state index contributed by atoms with van der Waals surface area (Å²) in [5.74, 6) is 0.460. The predicted molar refractivity (Wildman–Crippen MR) is 78.0 cm³/mol. The summed E-state index contributed by atoms with van der Waals surface area (Å²) < 4.78 is 0. The lowest BCUT2D eigenvalue weighted by atomic mass is 9.98. The van der Waals surface area contributed by atoms with Crippen LogP contribution in [0.3, 0.4) is 0 Å². The smallest absolute Gasteiger partial charge is 0.0555 e. The molecule has 2 aromatic heterocycles. The van der Waals surface area contributed by atoms with Crippen LogP contribution in [0.25, 0.3) is 0 Å². The van der Waals surface area contributed by atoms with Crippen molar-refractivity contribution in [2.75, 3.05) is 0 Å². The number of aromatic nitrogens is 1. The maximum absolute atomic E-state index is 4.06. The number of hydrogen-bond acceptors (Lipinski definition) is 2. The van der Waals surface area contributed by atoms with Crippen molar-refractivity contribution < 1.29 is 0 Å². The van der Waals surface area contributed by atoms with Crippen molar-refractivity contribution in [2.24, 2.45) is 0 Å². The van der Waals surface area contributed by atoms with Gasteiger partial charge in [-0.25, -0.2) is 0 Å². The SMILES string of the molecule is CCc1ccc(C(Br)C(C)c2ccncc2)s1. The summed E-state index contributed by atoms with van der Waals surface area (Å²) in [6, 6.07) is 8.65. The highest BCUT2D eigenvalue weighted by Gasteiger charge is 2.19. The topological polar surface area (TPSA) is 12.9 Å². The standard InChI is InChI=1S/C14H16BrNS/c1-3-12-4-5-13(17-12)14(15)10(2)11-6-8-16-9-7-11/h4-10,14H,3H2,1-2H3. The number of hydrogen-bond donors (Lipinski definition) is 0. The normalized spacial score (nSPS) is 14.5. The van der Waals surface area contributed by atoms with Gasteiger partial charge in [0.05, 0.1) is 4.83 Å². The maximum Gasteiger partial charge on any atom is 0.0555 e. The third kappa shape index (κ3) is 2.96. The zero-order valence-electron chi connectivity index (χ0n) is 10.1. The van der Waals surface area contributed by atoms with E-state index in [-0.39, 0.29) is 0 Å². The lowest BCUT2D eigenvalue weighted by Gasteiger charge is -2.17. The molecule has 1 nitrogen and oxygen atoms in total. The highest BCUT2D eigenvalue weighted by atomic mass is 79.9. The maximum atomic E-state index is 4.06. The van der Waals surface area contributed by atoms with Crippen molar-refractivity contribution in [3.05, 3.63) is 52.0 Å². The molecule has 0 spiro atoms. The van der Waals surface area contributed by atoms with Crippen LogP contribution < -0.4 is 0 Å². The van der Waals surface area contributed by atoms with Gasteiger partial charge in [0.15, 0.2) is 0 Å². The second kappa shape index (κ2) is 5.78. The lowest BCUT2D eigenvalue weighted by Crippen LogP contribution is -2.00. The molecule has 90 valence electrons. The second-order valence-electron chi connectivity index (χ2n) is 4.13. The molecule has 3 heteroatoms. The lowest BCUT2D eigenvalue weighted by molar-refractivity contribution is 0.759. The molecule has 2 aromatic rings. The first-order chi connectivity index (χ1) is 8.22. The Morgan fingerprint density at radius 1 is 1.24 bits per heavy atom. The summed E-state index contributed by atoms with van der Waals surface area (Å²) in [5, 5.41) is 0. The van der Waals surface area contributed by atoms with E-state index in [4.69, 9.17) is 0 Å². The molecular formula is C14H16BrNS. The molecule has 2 atom stereocenters. The minimum atomic E-state index is 0.384. The van der Waals surface area contributed by atoms with Crippen LogP contribution in [0.15, 0.2) is 36.7 Å². The van der Waals surface area contributed by atoms with E-state index >= 15 is 0 Å². The molecular weight excluding hydrogens is 294 g/mol. The summed E-state index contributed by atoms with van der Waals surface area (Å²) in [7, 11) is 0. The van der Waals surface area contributed by atoms with Crippen molar-refractivity contribution >= 4 is 27.3 Å². The predicted octanol–water partition coefficient (Wildman–Crippen LogP) is 4.95. The van der Waals surface area contributed by atoms with Crippen LogP contribution in [0.1, 0.15) is 39.9 Å². The van der Waals surface area contributed by atoms with E-state index in [9.17, 15) is 0 Å². The van der Waals surface area contributed by atoms with E-state index in [1.54, 1.807) is 0 Å². The molecule has 0 aliphatic heterocycles. The first kappa shape index (κ1) is 12.8. The fraction of sp³-hybridized carbons (Fsp3) is 0.357. The number of nitrogens with zero attached hydrogens (tertiary/aromatic N) is 1. The third-order valence-corrected chi connectivity index (χ3v) is 5.88. The largest absolute Gasteiger partial charge is 0.265 e. The van der Waals surface area contributed by atoms with Gasteiger partial charge < -0.3 is 0 Å². The molecule has 2 unspecified atom stereocenters. The van der Waals surface area contributed by atoms with E-state index in [0.29, 0.717) is 10.7 Å². The minimum absolute atomic E-state index is 0.384. The van der Waals surface area contributed by atoms with Crippen LogP contribution in [-0.2, 0) is 6.42 Å². The molecule has 2 heterocycles. The van der Waals surface area contributed by atoms with E-state index in [0.717, 1.165) is 6.42 Å². The Labute approximate surface area is 115 Å². The summed E-state index contributed by atoms with van der Waals surface area (Å²) in [6.07, 6.45) is 4.84. The zero-order valence-corrected chi connectivity index (χ0v) is 12.5. The zero-order chi connectivity index (χ0) is 12.3. The van der Waals surface area contributed by atoms with Gasteiger partial charge in [-0.05, 0) is 42.2 Å². The van der Waals surface area contributed by atoms with Crippen molar-refractivity contribution in [2.45, 2.75) is 31.0 Å². The van der Waals surface area contributed by atoms with Crippen molar-refractivity contribution in [1.82, 2.24) is 4.98 Å². The van der Waals surface area contributed by atoms with E-state index < -0.39 is 0 Å². The Morgan fingerprint density at radius 3 is 2.53 bits per heavy atom. The average molecular weight is 310 g/mol. The Hall–Kier alpha value is -0.670. The summed E-state index contributed by atoms with van der Waals surface area (Å²) in [6.45, 7) is 4.45. The monoisotopic (exact) mass is 309 g/mol. The number of pyridine rings is 1. The van der Waals surface area contributed by atoms with Gasteiger partial charge in [0.25, 0.3) is 0 Å². The average Bonchev–Trinajstić information content (AvgIpc) is 2.87. The Balaban J connectivity index is 2.17. The number of rotatable bonds is 4. The molecule has 0 amide bonds. The summed E-state index contributed by atoms with van der Waals surface area (Å²) in [4.78, 5) is 7.31. The number of halogens is 1. The van der Waals surface area contributed by atoms with Crippen molar-refractivity contribution in [3.8, 4) is 0 Å². The van der Waals surface area contributed by atoms with Gasteiger partial charge in [-0.1, -0.05) is 29.8 Å². The molecule has 0 N–H and O–H groups in total. The molecule has 2 rings (SSSR count). The van der Waals surface area contributed by atoms with Crippen molar-refractivity contribution in [3.63, 3.8) is 0 Å². The molecule has 0 saturated carbocycles. The van der Waals surface area contributed by atoms with Gasteiger partial charge in [-0.3, -0.25) is 4.98 Å². The molecule has 0 radical (unpaired) electrons. The molecule has 17 heavy (non-hydrogen) atoms. The molecule has 0 aromatic carbocycles. The van der Waals surface area contributed by atoms with Crippen LogP contribution in [0.5, 0.6) is 0 Å². The first-order valence-corrected chi connectivity index (χ1v) is 7.58. The van der Waals surface area contributed by atoms with Crippen LogP contribution in [0.2, 0.25) is 0 Å².